The van der Waals surface area contributed by atoms with Crippen molar-refractivity contribution < 1.29 is 0 Å². The SMILES string of the molecule is CNc1nc(NC2(C#N)CCCCC2)nc(-n2nnc3cccnc32)n1. The Bertz CT molecular complexity index is 967. The number of anilines is 2. The summed E-state index contributed by atoms with van der Waals surface area (Å²) in [4.78, 5) is 17.5. The first-order chi connectivity index (χ1) is 12.7. The molecule has 10 heteroatoms. The lowest BCUT2D eigenvalue weighted by atomic mass is 9.83. The van der Waals surface area contributed by atoms with Crippen molar-refractivity contribution >= 4 is 23.1 Å². The second-order valence-electron chi connectivity index (χ2n) is 6.26. The molecule has 3 aromatic heterocycles. The monoisotopic (exact) mass is 350 g/mol. The Kier molecular flexibility index (Phi) is 4.04. The van der Waals surface area contributed by atoms with E-state index in [0.29, 0.717) is 23.1 Å². The summed E-state index contributed by atoms with van der Waals surface area (Å²) < 4.78 is 1.46. The van der Waals surface area contributed by atoms with Crippen molar-refractivity contribution in [2.24, 2.45) is 0 Å². The highest BCUT2D eigenvalue weighted by atomic mass is 15.5. The Hall–Kier alpha value is -3.35. The topological polar surface area (TPSA) is 130 Å². The van der Waals surface area contributed by atoms with Crippen molar-refractivity contribution in [1.82, 2.24) is 34.9 Å². The van der Waals surface area contributed by atoms with Crippen LogP contribution >= 0.6 is 0 Å². The third-order valence-electron chi connectivity index (χ3n) is 4.52. The molecule has 0 bridgehead atoms. The minimum absolute atomic E-state index is 0.289. The quantitative estimate of drug-likeness (QED) is 0.721. The number of hydrogen-bond donors (Lipinski definition) is 2. The molecule has 132 valence electrons. The summed E-state index contributed by atoms with van der Waals surface area (Å²) in [5.41, 5.74) is 0.554. The normalized spacial score (nSPS) is 16.2. The zero-order valence-electron chi connectivity index (χ0n) is 14.3. The fraction of sp³-hybridized carbons (Fsp3) is 0.438. The van der Waals surface area contributed by atoms with Crippen LogP contribution in [0, 0.1) is 11.3 Å². The van der Waals surface area contributed by atoms with Crippen molar-refractivity contribution in [2.75, 3.05) is 17.7 Å². The molecule has 0 unspecified atom stereocenters. The molecule has 1 saturated carbocycles. The number of nitriles is 1. The second-order valence-corrected chi connectivity index (χ2v) is 6.26. The van der Waals surface area contributed by atoms with Crippen LogP contribution in [0.2, 0.25) is 0 Å². The second kappa shape index (κ2) is 6.51. The van der Waals surface area contributed by atoms with Crippen molar-refractivity contribution in [3.05, 3.63) is 18.3 Å². The van der Waals surface area contributed by atoms with E-state index in [1.807, 2.05) is 6.07 Å². The molecule has 0 atom stereocenters. The number of rotatable bonds is 4. The lowest BCUT2D eigenvalue weighted by Crippen LogP contribution is -2.39. The van der Waals surface area contributed by atoms with Gasteiger partial charge < -0.3 is 10.6 Å². The summed E-state index contributed by atoms with van der Waals surface area (Å²) in [6, 6.07) is 6.02. The van der Waals surface area contributed by atoms with Crippen molar-refractivity contribution in [3.8, 4) is 12.0 Å². The minimum Gasteiger partial charge on any atom is -0.357 e. The molecule has 1 aliphatic rings. The van der Waals surface area contributed by atoms with E-state index < -0.39 is 5.54 Å². The van der Waals surface area contributed by atoms with Gasteiger partial charge in [-0.3, -0.25) is 0 Å². The molecule has 10 nitrogen and oxygen atoms in total. The molecule has 3 heterocycles. The summed E-state index contributed by atoms with van der Waals surface area (Å²) >= 11 is 0. The van der Waals surface area contributed by atoms with Gasteiger partial charge in [0, 0.05) is 13.2 Å². The summed E-state index contributed by atoms with van der Waals surface area (Å²) in [5.74, 6) is 1.00. The summed E-state index contributed by atoms with van der Waals surface area (Å²) in [6.07, 6.45) is 6.37. The van der Waals surface area contributed by atoms with Crippen LogP contribution < -0.4 is 10.6 Å². The molecule has 0 saturated heterocycles. The summed E-state index contributed by atoms with van der Waals surface area (Å²) in [5, 5.41) is 24.0. The molecule has 1 fully saturated rings. The summed E-state index contributed by atoms with van der Waals surface area (Å²) in [7, 11) is 1.72. The lowest BCUT2D eigenvalue weighted by Gasteiger charge is -2.31. The molecule has 26 heavy (non-hydrogen) atoms. The Morgan fingerprint density at radius 3 is 2.73 bits per heavy atom. The van der Waals surface area contributed by atoms with E-state index >= 15 is 0 Å². The highest BCUT2D eigenvalue weighted by molar-refractivity contribution is 5.70. The summed E-state index contributed by atoms with van der Waals surface area (Å²) in [6.45, 7) is 0. The minimum atomic E-state index is -0.648. The van der Waals surface area contributed by atoms with Gasteiger partial charge in [0.25, 0.3) is 5.95 Å². The Balaban J connectivity index is 1.75. The van der Waals surface area contributed by atoms with Crippen LogP contribution in [-0.2, 0) is 0 Å². The van der Waals surface area contributed by atoms with Gasteiger partial charge in [0.2, 0.25) is 11.9 Å². The zero-order chi connectivity index (χ0) is 18.0. The molecule has 2 N–H and O–H groups in total. The smallest absolute Gasteiger partial charge is 0.260 e. The van der Waals surface area contributed by atoms with E-state index in [2.05, 4.69) is 47.0 Å². The van der Waals surface area contributed by atoms with E-state index in [4.69, 9.17) is 0 Å². The average molecular weight is 350 g/mol. The number of nitrogens with zero attached hydrogens (tertiary/aromatic N) is 8. The molecule has 0 amide bonds. The van der Waals surface area contributed by atoms with Crippen LogP contribution in [0.15, 0.2) is 18.3 Å². The van der Waals surface area contributed by atoms with Gasteiger partial charge in [0.05, 0.1) is 6.07 Å². The highest BCUT2D eigenvalue weighted by Crippen LogP contribution is 2.30. The van der Waals surface area contributed by atoms with Gasteiger partial charge in [-0.15, -0.1) is 5.10 Å². The predicted octanol–water partition coefficient (Wildman–Crippen LogP) is 1.68. The first kappa shape index (κ1) is 16.1. The molecule has 0 aliphatic heterocycles. The maximum Gasteiger partial charge on any atom is 0.260 e. The first-order valence-electron chi connectivity index (χ1n) is 8.53. The van der Waals surface area contributed by atoms with E-state index in [1.54, 1.807) is 19.3 Å². The number of fused-ring (bicyclic) bond motifs is 1. The van der Waals surface area contributed by atoms with Crippen molar-refractivity contribution in [2.45, 2.75) is 37.6 Å². The largest absolute Gasteiger partial charge is 0.357 e. The molecular weight excluding hydrogens is 332 g/mol. The van der Waals surface area contributed by atoms with Crippen LogP contribution in [0.4, 0.5) is 11.9 Å². The van der Waals surface area contributed by atoms with Crippen molar-refractivity contribution in [1.29, 1.82) is 5.26 Å². The molecule has 4 rings (SSSR count). The highest BCUT2D eigenvalue weighted by Gasteiger charge is 2.33. The van der Waals surface area contributed by atoms with Gasteiger partial charge in [-0.2, -0.15) is 24.9 Å². The average Bonchev–Trinajstić information content (AvgIpc) is 3.12. The van der Waals surface area contributed by atoms with Crippen LogP contribution in [0.1, 0.15) is 32.1 Å². The van der Waals surface area contributed by atoms with Gasteiger partial charge >= 0.3 is 0 Å². The fourth-order valence-corrected chi connectivity index (χ4v) is 3.16. The number of nitrogens with one attached hydrogen (secondary N) is 2. The predicted molar refractivity (Wildman–Crippen MR) is 94.6 cm³/mol. The molecule has 0 radical (unpaired) electrons. The molecular formula is C16H18N10. The van der Waals surface area contributed by atoms with Crippen LogP contribution in [-0.4, -0.2) is 47.5 Å². The third-order valence-corrected chi connectivity index (χ3v) is 4.52. The number of pyridine rings is 1. The lowest BCUT2D eigenvalue weighted by molar-refractivity contribution is 0.390. The first-order valence-corrected chi connectivity index (χ1v) is 8.53. The maximum atomic E-state index is 9.69. The third kappa shape index (κ3) is 2.88. The van der Waals surface area contributed by atoms with Gasteiger partial charge in [-0.1, -0.05) is 24.5 Å². The van der Waals surface area contributed by atoms with E-state index in [1.165, 1.54) is 4.68 Å². The standard InChI is InChI=1S/C16H18N10/c1-18-13-20-14(23-16(10-17)7-3-2-4-8-16)22-15(21-13)26-12-11(24-25-26)6-5-9-19-12/h5-6,9H,2-4,7-8H2,1H3,(H2,18,20,21,22,23). The molecule has 0 spiro atoms. The Labute approximate surface area is 149 Å². The van der Waals surface area contributed by atoms with E-state index in [-0.39, 0.29) is 5.95 Å². The van der Waals surface area contributed by atoms with E-state index in [9.17, 15) is 5.26 Å². The maximum absolute atomic E-state index is 9.69. The Morgan fingerprint density at radius 1 is 1.15 bits per heavy atom. The molecule has 3 aromatic rings. The van der Waals surface area contributed by atoms with Crippen LogP contribution in [0.25, 0.3) is 17.1 Å². The van der Waals surface area contributed by atoms with Gasteiger partial charge in [-0.05, 0) is 25.0 Å². The molecule has 1 aliphatic carbocycles. The molecule has 0 aromatic carbocycles. The fourth-order valence-electron chi connectivity index (χ4n) is 3.16. The number of aromatic nitrogens is 7. The van der Waals surface area contributed by atoms with Crippen LogP contribution in [0.5, 0.6) is 0 Å². The van der Waals surface area contributed by atoms with Gasteiger partial charge in [-0.25, -0.2) is 4.98 Å². The van der Waals surface area contributed by atoms with E-state index in [0.717, 1.165) is 32.1 Å². The number of hydrogen-bond acceptors (Lipinski definition) is 9. The van der Waals surface area contributed by atoms with Crippen molar-refractivity contribution in [3.63, 3.8) is 0 Å². The zero-order valence-corrected chi connectivity index (χ0v) is 14.3. The van der Waals surface area contributed by atoms with Gasteiger partial charge in [0.15, 0.2) is 5.65 Å². The van der Waals surface area contributed by atoms with Gasteiger partial charge in [0.1, 0.15) is 11.1 Å². The van der Waals surface area contributed by atoms with Crippen LogP contribution in [0.3, 0.4) is 0 Å². The Morgan fingerprint density at radius 2 is 1.96 bits per heavy atom.